The quantitative estimate of drug-likeness (QED) is 0.590. The molecule has 0 saturated heterocycles. The molecular weight excluding hydrogens is 400 g/mol. The zero-order valence-electron chi connectivity index (χ0n) is 16.6. The highest BCUT2D eigenvalue weighted by Gasteiger charge is 2.15. The molecule has 1 unspecified atom stereocenters. The van der Waals surface area contributed by atoms with E-state index in [0.717, 1.165) is 23.0 Å². The summed E-state index contributed by atoms with van der Waals surface area (Å²) in [5, 5.41) is 18.2. The van der Waals surface area contributed by atoms with E-state index in [1.54, 1.807) is 22.7 Å². The molecule has 3 rings (SSSR count). The van der Waals surface area contributed by atoms with Crippen molar-refractivity contribution in [3.8, 4) is 22.9 Å². The molecule has 0 saturated carbocycles. The molecule has 0 aliphatic carbocycles. The van der Waals surface area contributed by atoms with Crippen molar-refractivity contribution in [1.82, 2.24) is 4.31 Å². The van der Waals surface area contributed by atoms with Crippen LogP contribution in [0.3, 0.4) is 0 Å². The number of hydrogen-bond acceptors (Lipinski definition) is 5. The van der Waals surface area contributed by atoms with Crippen LogP contribution in [-0.2, 0) is 22.7 Å². The lowest BCUT2D eigenvalue weighted by Crippen LogP contribution is -2.31. The van der Waals surface area contributed by atoms with Gasteiger partial charge < -0.3 is 9.52 Å². The topological polar surface area (TPSA) is 94.5 Å². The molecule has 0 amide bonds. The molecule has 0 aliphatic heterocycles. The van der Waals surface area contributed by atoms with Gasteiger partial charge in [0.15, 0.2) is 5.75 Å². The molecule has 0 radical (unpaired) electrons. The highest BCUT2D eigenvalue weighted by atomic mass is 32.2. The van der Waals surface area contributed by atoms with Gasteiger partial charge in [0.1, 0.15) is 12.0 Å². The lowest BCUT2D eigenvalue weighted by molar-refractivity contribution is 0.362. The third-order valence-corrected chi connectivity index (χ3v) is 6.10. The maximum Gasteiger partial charge on any atom is 0.226 e. The second-order valence-corrected chi connectivity index (χ2v) is 9.49. The predicted molar refractivity (Wildman–Crippen MR) is 119 cm³/mol. The van der Waals surface area contributed by atoms with Crippen LogP contribution in [0.4, 0.5) is 0 Å². The van der Waals surface area contributed by atoms with Gasteiger partial charge in [0.2, 0.25) is 5.43 Å². The highest BCUT2D eigenvalue weighted by Crippen LogP contribution is 2.21. The number of rotatable bonds is 7. The third-order valence-electron chi connectivity index (χ3n) is 4.70. The summed E-state index contributed by atoms with van der Waals surface area (Å²) >= 11 is 0. The Morgan fingerprint density at radius 1 is 1.13 bits per heavy atom. The van der Waals surface area contributed by atoms with Gasteiger partial charge in [0.25, 0.3) is 0 Å². The highest BCUT2D eigenvalue weighted by molar-refractivity contribution is 7.97. The summed E-state index contributed by atoms with van der Waals surface area (Å²) in [6.45, 7) is 0.608. The van der Waals surface area contributed by atoms with Crippen molar-refractivity contribution in [1.29, 1.82) is 5.26 Å². The second-order valence-electron chi connectivity index (χ2n) is 7.05. The second kappa shape index (κ2) is 8.99. The fraction of sp³-hybridized carbons (Fsp3) is 0.174. The predicted octanol–water partition coefficient (Wildman–Crippen LogP) is 3.19. The zero-order valence-corrected chi connectivity index (χ0v) is 17.4. The molecule has 30 heavy (non-hydrogen) atoms. The third kappa shape index (κ3) is 5.38. The van der Waals surface area contributed by atoms with E-state index >= 15 is 0 Å². The first kappa shape index (κ1) is 21.4. The molecule has 2 aromatic carbocycles. The molecular formula is C23H22N2O4S. The van der Waals surface area contributed by atoms with Crippen LogP contribution in [0.25, 0.3) is 11.1 Å². The van der Waals surface area contributed by atoms with Crippen LogP contribution in [0, 0.1) is 11.3 Å². The Balaban J connectivity index is 1.70. The lowest BCUT2D eigenvalue weighted by Gasteiger charge is -2.23. The van der Waals surface area contributed by atoms with E-state index in [9.17, 15) is 14.1 Å². The molecule has 6 nitrogen and oxygen atoms in total. The zero-order chi connectivity index (χ0) is 21.7. The molecule has 1 aromatic heterocycles. The minimum Gasteiger partial charge on any atom is -0.502 e. The van der Waals surface area contributed by atoms with Gasteiger partial charge in [0, 0.05) is 28.6 Å². The molecule has 0 spiro atoms. The van der Waals surface area contributed by atoms with Gasteiger partial charge >= 0.3 is 0 Å². The Bertz CT molecular complexity index is 1220. The van der Waals surface area contributed by atoms with Crippen LogP contribution in [0.1, 0.15) is 16.9 Å². The number of hydrogen-bond donors (Lipinski definition) is 1. The summed E-state index contributed by atoms with van der Waals surface area (Å²) in [6.07, 6.45) is 3.16. The summed E-state index contributed by atoms with van der Waals surface area (Å²) in [4.78, 5) is 11.6. The molecule has 1 heterocycles. The molecule has 0 fully saturated rings. The van der Waals surface area contributed by atoms with Crippen LogP contribution in [-0.4, -0.2) is 32.3 Å². The SMILES string of the molecule is C=S(C)(=O)N(CCc1ccc(-c2ccc(C#N)cc2)cc1)Cc1cc(=O)c(O)co1. The van der Waals surface area contributed by atoms with Gasteiger partial charge in [-0.2, -0.15) is 5.26 Å². The molecule has 154 valence electrons. The van der Waals surface area contributed by atoms with Crippen molar-refractivity contribution >= 4 is 15.6 Å². The van der Waals surface area contributed by atoms with E-state index in [1.807, 2.05) is 36.4 Å². The first-order valence-electron chi connectivity index (χ1n) is 9.24. The maximum absolute atomic E-state index is 12.6. The average Bonchev–Trinajstić information content (AvgIpc) is 2.73. The van der Waals surface area contributed by atoms with Gasteiger partial charge in [0.05, 0.1) is 18.2 Å². The Labute approximate surface area is 175 Å². The lowest BCUT2D eigenvalue weighted by atomic mass is 10.0. The molecule has 0 bridgehead atoms. The van der Waals surface area contributed by atoms with E-state index in [1.165, 1.54) is 6.07 Å². The largest absolute Gasteiger partial charge is 0.502 e. The summed E-state index contributed by atoms with van der Waals surface area (Å²) in [6, 6.07) is 18.7. The summed E-state index contributed by atoms with van der Waals surface area (Å²) in [5.41, 5.74) is 3.21. The first-order valence-corrected chi connectivity index (χ1v) is 11.3. The summed E-state index contributed by atoms with van der Waals surface area (Å²) < 4.78 is 19.5. The van der Waals surface area contributed by atoms with Crippen molar-refractivity contribution in [3.63, 3.8) is 0 Å². The Morgan fingerprint density at radius 2 is 1.73 bits per heavy atom. The van der Waals surface area contributed by atoms with E-state index in [2.05, 4.69) is 11.9 Å². The fourth-order valence-electron chi connectivity index (χ4n) is 2.96. The molecule has 0 aliphatic rings. The minimum atomic E-state index is -2.53. The van der Waals surface area contributed by atoms with Gasteiger partial charge in [-0.25, -0.2) is 4.31 Å². The molecule has 1 atom stereocenters. The van der Waals surface area contributed by atoms with Gasteiger partial charge in [-0.05, 0) is 41.1 Å². The van der Waals surface area contributed by atoms with E-state index < -0.39 is 20.9 Å². The Morgan fingerprint density at radius 3 is 2.27 bits per heavy atom. The van der Waals surface area contributed by atoms with Crippen molar-refractivity contribution in [2.24, 2.45) is 0 Å². The smallest absolute Gasteiger partial charge is 0.226 e. The minimum absolute atomic E-state index is 0.150. The van der Waals surface area contributed by atoms with E-state index in [-0.39, 0.29) is 6.54 Å². The monoisotopic (exact) mass is 422 g/mol. The number of nitriles is 1. The van der Waals surface area contributed by atoms with Crippen molar-refractivity contribution in [2.75, 3.05) is 12.8 Å². The Kier molecular flexibility index (Phi) is 6.40. The van der Waals surface area contributed by atoms with Crippen molar-refractivity contribution in [2.45, 2.75) is 13.0 Å². The summed E-state index contributed by atoms with van der Waals surface area (Å²) in [7, 11) is -2.53. The van der Waals surface area contributed by atoms with Crippen LogP contribution >= 0.6 is 0 Å². The normalized spacial score (nSPS) is 13.0. The van der Waals surface area contributed by atoms with E-state index in [4.69, 9.17) is 9.68 Å². The van der Waals surface area contributed by atoms with Crippen molar-refractivity contribution < 1.29 is 13.7 Å². The van der Waals surface area contributed by atoms with Crippen LogP contribution in [0.5, 0.6) is 5.75 Å². The Hall–Kier alpha value is -3.34. The standard InChI is InChI=1S/C23H22N2O4S/c1-30(2,28)25(15-21-13-22(26)23(27)16-29-21)12-11-17-3-7-19(8-4-17)20-9-5-18(14-24)6-10-20/h3-10,13,16,27H,1,11-12,15H2,2H3. The number of aromatic hydroxyl groups is 1. The van der Waals surface area contributed by atoms with Gasteiger partial charge in [-0.15, -0.1) is 0 Å². The molecule has 7 heteroatoms. The van der Waals surface area contributed by atoms with Crippen LogP contribution in [0.2, 0.25) is 0 Å². The van der Waals surface area contributed by atoms with Crippen LogP contribution in [0.15, 0.2) is 70.1 Å². The van der Waals surface area contributed by atoms with E-state index in [0.29, 0.717) is 24.3 Å². The maximum atomic E-state index is 12.6. The molecule has 1 N–H and O–H groups in total. The number of benzene rings is 2. The summed E-state index contributed by atoms with van der Waals surface area (Å²) in [5.74, 6) is 3.60. The van der Waals surface area contributed by atoms with Crippen LogP contribution < -0.4 is 5.43 Å². The fourth-order valence-corrected chi connectivity index (χ4v) is 3.84. The van der Waals surface area contributed by atoms with Gasteiger partial charge in [-0.1, -0.05) is 36.4 Å². The number of nitrogens with zero attached hydrogens (tertiary/aromatic N) is 2. The van der Waals surface area contributed by atoms with Crippen molar-refractivity contribution in [3.05, 3.63) is 88.0 Å². The average molecular weight is 423 g/mol. The first-order chi connectivity index (χ1) is 14.3. The van der Waals surface area contributed by atoms with Gasteiger partial charge in [-0.3, -0.25) is 9.00 Å². The molecule has 3 aromatic rings.